The summed E-state index contributed by atoms with van der Waals surface area (Å²) < 4.78 is 41.5. The van der Waals surface area contributed by atoms with Crippen LogP contribution in [-0.4, -0.2) is 39.3 Å². The molecule has 0 fully saturated rings. The maximum absolute atomic E-state index is 11.0. The Balaban J connectivity index is 2.89. The molecule has 1 aromatic rings. The van der Waals surface area contributed by atoms with Crippen LogP contribution in [0.4, 0.5) is 5.82 Å². The van der Waals surface area contributed by atoms with Crippen LogP contribution < -0.4 is 5.32 Å². The number of hydrogen-bond donors (Lipinski definition) is 4. The molecule has 0 bridgehead atoms. The Morgan fingerprint density at radius 3 is 2.56 bits per heavy atom. The van der Waals surface area contributed by atoms with Gasteiger partial charge in [0.05, 0.1) is 0 Å². The number of anilines is 1. The van der Waals surface area contributed by atoms with Gasteiger partial charge in [-0.05, 0) is 18.6 Å². The fourth-order valence-electron chi connectivity index (χ4n) is 1.25. The van der Waals surface area contributed by atoms with Crippen molar-refractivity contribution in [1.29, 1.82) is 0 Å². The average Bonchev–Trinajstić information content (AvgIpc) is 2.17. The predicted molar refractivity (Wildman–Crippen MR) is 64.8 cm³/mol. The van der Waals surface area contributed by atoms with Gasteiger partial charge in [-0.1, -0.05) is 6.07 Å². The molecule has 1 rings (SSSR count). The van der Waals surface area contributed by atoms with Crippen molar-refractivity contribution in [3.8, 4) is 0 Å². The second-order valence-corrected chi connectivity index (χ2v) is 7.36. The average molecular weight is 296 g/mol. The Bertz CT molecular complexity index is 569. The number of nitrogens with zero attached hydrogens (tertiary/aromatic N) is 1. The monoisotopic (exact) mass is 296 g/mol. The van der Waals surface area contributed by atoms with Crippen molar-refractivity contribution >= 4 is 23.5 Å². The zero-order valence-electron chi connectivity index (χ0n) is 9.39. The highest BCUT2D eigenvalue weighted by atomic mass is 32.2. The molecular formula is C8H13N2O6PS. The van der Waals surface area contributed by atoms with Crippen molar-refractivity contribution in [3.05, 3.63) is 23.9 Å². The topological polar surface area (TPSA) is 137 Å². The molecule has 1 unspecified atom stereocenters. The van der Waals surface area contributed by atoms with Gasteiger partial charge in [0.15, 0.2) is 0 Å². The lowest BCUT2D eigenvalue weighted by molar-refractivity contribution is 0.365. The molecule has 0 aromatic carbocycles. The van der Waals surface area contributed by atoms with Crippen LogP contribution in [0, 0.1) is 6.92 Å². The summed E-state index contributed by atoms with van der Waals surface area (Å²) in [5.74, 6) is 0.291. The molecule has 4 N–H and O–H groups in total. The number of rotatable bonds is 5. The van der Waals surface area contributed by atoms with Gasteiger partial charge < -0.3 is 15.1 Å². The minimum atomic E-state index is -4.98. The van der Waals surface area contributed by atoms with Gasteiger partial charge in [-0.2, -0.15) is 8.42 Å². The summed E-state index contributed by atoms with van der Waals surface area (Å²) >= 11 is 0. The molecule has 0 saturated heterocycles. The highest BCUT2D eigenvalue weighted by molar-refractivity contribution is 7.93. The number of pyridine rings is 1. The Morgan fingerprint density at radius 1 is 1.50 bits per heavy atom. The lowest BCUT2D eigenvalue weighted by Gasteiger charge is -2.16. The molecule has 1 atom stereocenters. The van der Waals surface area contributed by atoms with E-state index >= 15 is 0 Å². The van der Waals surface area contributed by atoms with Crippen molar-refractivity contribution in [2.75, 3.05) is 11.9 Å². The van der Waals surface area contributed by atoms with Crippen LogP contribution in [0.2, 0.25) is 0 Å². The van der Waals surface area contributed by atoms with E-state index in [9.17, 15) is 13.0 Å². The predicted octanol–water partition coefficient (Wildman–Crippen LogP) is 0.194. The fraction of sp³-hybridized carbons (Fsp3) is 0.375. The highest BCUT2D eigenvalue weighted by Gasteiger charge is 2.39. The van der Waals surface area contributed by atoms with E-state index in [1.54, 1.807) is 19.1 Å². The van der Waals surface area contributed by atoms with Gasteiger partial charge in [-0.25, -0.2) is 4.98 Å². The van der Waals surface area contributed by atoms with E-state index in [0.717, 1.165) is 0 Å². The summed E-state index contributed by atoms with van der Waals surface area (Å²) in [5.41, 5.74) is 0.678. The summed E-state index contributed by atoms with van der Waals surface area (Å²) in [4.78, 5) is 19.4. The fourth-order valence-corrected chi connectivity index (χ4v) is 3.26. The second kappa shape index (κ2) is 5.33. The van der Waals surface area contributed by atoms with E-state index in [4.69, 9.17) is 14.3 Å². The molecule has 1 heterocycles. The molecule has 0 saturated carbocycles. The lowest BCUT2D eigenvalue weighted by Crippen LogP contribution is -2.29. The SMILES string of the molecule is Cc1cccnc1NCC(P(=O)(O)O)S(=O)(=O)O. The van der Waals surface area contributed by atoms with E-state index in [-0.39, 0.29) is 0 Å². The summed E-state index contributed by atoms with van der Waals surface area (Å²) in [6.45, 7) is 1.05. The van der Waals surface area contributed by atoms with Crippen molar-refractivity contribution in [3.63, 3.8) is 0 Å². The minimum absolute atomic E-state index is 0.291. The molecule has 10 heteroatoms. The first-order valence-corrected chi connectivity index (χ1v) is 7.98. The largest absolute Gasteiger partial charge is 0.368 e. The smallest absolute Gasteiger partial charge is 0.347 e. The first kappa shape index (κ1) is 15.1. The van der Waals surface area contributed by atoms with Crippen molar-refractivity contribution in [2.24, 2.45) is 0 Å². The van der Waals surface area contributed by atoms with Gasteiger partial charge in [0.2, 0.25) is 4.99 Å². The van der Waals surface area contributed by atoms with E-state index < -0.39 is 29.2 Å². The maximum Gasteiger partial charge on any atom is 0.347 e. The quantitative estimate of drug-likeness (QED) is 0.446. The zero-order valence-corrected chi connectivity index (χ0v) is 11.1. The zero-order chi connectivity index (χ0) is 14.0. The summed E-state index contributed by atoms with van der Waals surface area (Å²) in [6.07, 6.45) is 1.44. The first-order chi connectivity index (χ1) is 8.12. The molecule has 0 radical (unpaired) electrons. The van der Waals surface area contributed by atoms with E-state index in [0.29, 0.717) is 11.4 Å². The first-order valence-electron chi connectivity index (χ1n) is 4.79. The Morgan fingerprint density at radius 2 is 2.11 bits per heavy atom. The summed E-state index contributed by atoms with van der Waals surface area (Å²) in [6, 6.07) is 3.35. The van der Waals surface area contributed by atoms with Gasteiger partial charge in [0.1, 0.15) is 5.82 Å². The van der Waals surface area contributed by atoms with Crippen LogP contribution in [0.5, 0.6) is 0 Å². The molecule has 1 aromatic heterocycles. The van der Waals surface area contributed by atoms with Crippen LogP contribution in [0.3, 0.4) is 0 Å². The number of aryl methyl sites for hydroxylation is 1. The lowest BCUT2D eigenvalue weighted by atomic mass is 10.3. The molecule has 102 valence electrons. The van der Waals surface area contributed by atoms with Crippen molar-refractivity contribution < 1.29 is 27.3 Å². The molecule has 8 nitrogen and oxygen atoms in total. The van der Waals surface area contributed by atoms with Gasteiger partial charge >= 0.3 is 7.60 Å². The Labute approximate surface area is 104 Å². The molecule has 0 aliphatic carbocycles. The van der Waals surface area contributed by atoms with E-state index in [1.807, 2.05) is 0 Å². The molecular weight excluding hydrogens is 283 g/mol. The second-order valence-electron chi connectivity index (χ2n) is 3.61. The number of aromatic nitrogens is 1. The van der Waals surface area contributed by atoms with Crippen LogP contribution >= 0.6 is 7.60 Å². The molecule has 18 heavy (non-hydrogen) atoms. The van der Waals surface area contributed by atoms with Crippen LogP contribution in [0.1, 0.15) is 5.56 Å². The van der Waals surface area contributed by atoms with Gasteiger partial charge in [0.25, 0.3) is 10.1 Å². The van der Waals surface area contributed by atoms with Crippen LogP contribution in [0.25, 0.3) is 0 Å². The number of hydrogen-bond acceptors (Lipinski definition) is 5. The normalized spacial score (nSPS) is 14.2. The van der Waals surface area contributed by atoms with Gasteiger partial charge in [-0.3, -0.25) is 9.12 Å². The van der Waals surface area contributed by atoms with Gasteiger partial charge in [-0.15, -0.1) is 0 Å². The third-order valence-corrected chi connectivity index (χ3v) is 5.58. The summed E-state index contributed by atoms with van der Waals surface area (Å²) in [5, 5.41) is 2.48. The molecule has 0 aliphatic rings. The summed E-state index contributed by atoms with van der Waals surface area (Å²) in [7, 11) is -9.84. The Kier molecular flexibility index (Phi) is 4.46. The highest BCUT2D eigenvalue weighted by Crippen LogP contribution is 2.43. The minimum Gasteiger partial charge on any atom is -0.368 e. The third kappa shape index (κ3) is 4.04. The maximum atomic E-state index is 11.0. The third-order valence-electron chi connectivity index (χ3n) is 2.17. The van der Waals surface area contributed by atoms with Gasteiger partial charge in [0, 0.05) is 12.7 Å². The standard InChI is InChI=1S/C8H13N2O6PS/c1-6-3-2-4-9-8(6)10-5-7(17(11,12)13)18(14,15)16/h2-4,7H,5H2,1H3,(H,9,10)(H2,11,12,13)(H,14,15,16). The number of nitrogens with one attached hydrogen (secondary N) is 1. The molecule has 0 aliphatic heterocycles. The van der Waals surface area contributed by atoms with E-state index in [2.05, 4.69) is 10.3 Å². The van der Waals surface area contributed by atoms with Crippen molar-refractivity contribution in [2.45, 2.75) is 11.9 Å². The van der Waals surface area contributed by atoms with Crippen LogP contribution in [0.15, 0.2) is 18.3 Å². The van der Waals surface area contributed by atoms with Crippen molar-refractivity contribution in [1.82, 2.24) is 4.98 Å². The molecule has 0 amide bonds. The molecule has 0 spiro atoms. The van der Waals surface area contributed by atoms with Crippen LogP contribution in [-0.2, 0) is 14.7 Å². The Hall–Kier alpha value is -0.990. The van der Waals surface area contributed by atoms with E-state index in [1.165, 1.54) is 6.20 Å².